The van der Waals surface area contributed by atoms with Crippen LogP contribution in [0.15, 0.2) is 6.20 Å². The van der Waals surface area contributed by atoms with E-state index in [-0.39, 0.29) is 0 Å². The van der Waals surface area contributed by atoms with Crippen molar-refractivity contribution in [1.29, 1.82) is 0 Å². The minimum absolute atomic E-state index is 0.561. The predicted octanol–water partition coefficient (Wildman–Crippen LogP) is 2.12. The first kappa shape index (κ1) is 13.4. The largest absolute Gasteiger partial charge is 0.379 e. The number of nitrogens with one attached hydrogen (secondary N) is 1. The molecule has 0 amide bonds. The summed E-state index contributed by atoms with van der Waals surface area (Å²) in [5.41, 5.74) is 2.39. The molecule has 1 saturated heterocycles. The molecule has 18 heavy (non-hydrogen) atoms. The van der Waals surface area contributed by atoms with E-state index in [1.54, 1.807) is 0 Å². The molecule has 4 heteroatoms. The Morgan fingerprint density at radius 2 is 2.11 bits per heavy atom. The van der Waals surface area contributed by atoms with Crippen LogP contribution in [0.2, 0.25) is 0 Å². The maximum absolute atomic E-state index is 4.50. The lowest BCUT2D eigenvalue weighted by Crippen LogP contribution is -2.48. The molecule has 0 bridgehead atoms. The molecule has 3 atom stereocenters. The van der Waals surface area contributed by atoms with Gasteiger partial charge in [0.1, 0.15) is 0 Å². The van der Waals surface area contributed by atoms with Crippen LogP contribution in [-0.2, 0) is 13.5 Å². The van der Waals surface area contributed by atoms with Gasteiger partial charge in [0.15, 0.2) is 0 Å². The number of rotatable bonds is 3. The summed E-state index contributed by atoms with van der Waals surface area (Å²) in [6.45, 7) is 7.97. The van der Waals surface area contributed by atoms with Crippen molar-refractivity contribution in [2.75, 3.05) is 18.9 Å². The van der Waals surface area contributed by atoms with E-state index >= 15 is 0 Å². The molecule has 1 aliphatic rings. The molecule has 1 aromatic rings. The lowest BCUT2D eigenvalue weighted by Gasteiger charge is -2.40. The maximum Gasteiger partial charge on any atom is 0.0853 e. The molecule has 0 saturated carbocycles. The third-order valence-corrected chi connectivity index (χ3v) is 4.19. The Labute approximate surface area is 110 Å². The predicted molar refractivity (Wildman–Crippen MR) is 75.9 cm³/mol. The molecule has 3 unspecified atom stereocenters. The number of hydrogen-bond donors (Lipinski definition) is 1. The number of hydrogen-bond acceptors (Lipinski definition) is 3. The van der Waals surface area contributed by atoms with Crippen LogP contribution in [0.1, 0.15) is 32.9 Å². The van der Waals surface area contributed by atoms with Gasteiger partial charge in [-0.05, 0) is 32.7 Å². The van der Waals surface area contributed by atoms with Crippen LogP contribution in [0, 0.1) is 5.92 Å². The van der Waals surface area contributed by atoms with E-state index < -0.39 is 0 Å². The summed E-state index contributed by atoms with van der Waals surface area (Å²) >= 11 is 0. The molecule has 1 aliphatic heterocycles. The molecule has 1 aromatic heterocycles. The molecular weight excluding hydrogens is 224 g/mol. The van der Waals surface area contributed by atoms with E-state index in [4.69, 9.17) is 0 Å². The van der Waals surface area contributed by atoms with Gasteiger partial charge in [-0.25, -0.2) is 0 Å². The van der Waals surface area contributed by atoms with Gasteiger partial charge in [-0.1, -0.05) is 13.8 Å². The van der Waals surface area contributed by atoms with Crippen molar-refractivity contribution in [1.82, 2.24) is 14.7 Å². The van der Waals surface area contributed by atoms with Crippen molar-refractivity contribution < 1.29 is 0 Å². The summed E-state index contributed by atoms with van der Waals surface area (Å²) in [4.78, 5) is 2.45. The normalized spacial score (nSPS) is 29.5. The molecular formula is C14H26N4. The Bertz CT molecular complexity index is 398. The van der Waals surface area contributed by atoms with Gasteiger partial charge < -0.3 is 10.2 Å². The van der Waals surface area contributed by atoms with Gasteiger partial charge in [-0.15, -0.1) is 0 Å². The van der Waals surface area contributed by atoms with Crippen molar-refractivity contribution >= 4 is 5.69 Å². The number of aromatic nitrogens is 2. The molecule has 0 aliphatic carbocycles. The summed E-state index contributed by atoms with van der Waals surface area (Å²) < 4.78 is 1.91. The summed E-state index contributed by atoms with van der Waals surface area (Å²) in [6.07, 6.45) is 4.30. The van der Waals surface area contributed by atoms with Crippen LogP contribution >= 0.6 is 0 Å². The van der Waals surface area contributed by atoms with Crippen LogP contribution in [0.5, 0.6) is 0 Å². The molecule has 1 N–H and O–H groups in total. The van der Waals surface area contributed by atoms with E-state index in [0.29, 0.717) is 18.0 Å². The molecule has 2 heterocycles. The molecule has 0 spiro atoms. The molecule has 102 valence electrons. The quantitative estimate of drug-likeness (QED) is 0.892. The summed E-state index contributed by atoms with van der Waals surface area (Å²) in [7, 11) is 4.21. The number of anilines is 1. The van der Waals surface area contributed by atoms with Gasteiger partial charge in [0, 0.05) is 31.9 Å². The standard InChI is InChI=1S/C14H26N4/c1-6-12-14(9-18(5)16-12)15-13-7-11(3)17(4)8-10(13)2/h9-11,13,15H,6-8H2,1-5H3. The van der Waals surface area contributed by atoms with Gasteiger partial charge in [0.2, 0.25) is 0 Å². The molecule has 4 nitrogen and oxygen atoms in total. The second kappa shape index (κ2) is 5.31. The lowest BCUT2D eigenvalue weighted by atomic mass is 9.89. The minimum atomic E-state index is 0.561. The fourth-order valence-electron chi connectivity index (χ4n) is 2.86. The van der Waals surface area contributed by atoms with Gasteiger partial charge in [0.25, 0.3) is 0 Å². The van der Waals surface area contributed by atoms with E-state index in [0.717, 1.165) is 6.42 Å². The first-order valence-electron chi connectivity index (χ1n) is 7.00. The fourth-order valence-corrected chi connectivity index (χ4v) is 2.86. The van der Waals surface area contributed by atoms with Crippen molar-refractivity contribution in [2.45, 2.75) is 45.7 Å². The van der Waals surface area contributed by atoms with Gasteiger partial charge in [-0.2, -0.15) is 5.10 Å². The van der Waals surface area contributed by atoms with Crippen LogP contribution in [0.4, 0.5) is 5.69 Å². The average molecular weight is 250 g/mol. The number of nitrogens with zero attached hydrogens (tertiary/aromatic N) is 3. The highest BCUT2D eigenvalue weighted by molar-refractivity contribution is 5.47. The summed E-state index contributed by atoms with van der Waals surface area (Å²) in [5.74, 6) is 0.677. The highest BCUT2D eigenvalue weighted by Crippen LogP contribution is 2.25. The highest BCUT2D eigenvalue weighted by atomic mass is 15.3. The first-order chi connectivity index (χ1) is 8.51. The maximum atomic E-state index is 4.50. The lowest BCUT2D eigenvalue weighted by molar-refractivity contribution is 0.145. The summed E-state index contributed by atoms with van der Waals surface area (Å²) in [6, 6.07) is 1.21. The number of piperidine rings is 1. The third-order valence-electron chi connectivity index (χ3n) is 4.19. The Hall–Kier alpha value is -1.03. The Morgan fingerprint density at radius 3 is 2.78 bits per heavy atom. The zero-order chi connectivity index (χ0) is 13.3. The zero-order valence-electron chi connectivity index (χ0n) is 12.3. The van der Waals surface area contributed by atoms with Gasteiger partial charge in [-0.3, -0.25) is 4.68 Å². The van der Waals surface area contributed by atoms with E-state index in [1.165, 1.54) is 24.3 Å². The van der Waals surface area contributed by atoms with E-state index in [2.05, 4.69) is 49.3 Å². The first-order valence-corrected chi connectivity index (χ1v) is 7.00. The number of likely N-dealkylation sites (tertiary alicyclic amines) is 1. The average Bonchev–Trinajstić information content (AvgIpc) is 2.66. The topological polar surface area (TPSA) is 33.1 Å². The Balaban J connectivity index is 2.08. The van der Waals surface area contributed by atoms with Crippen LogP contribution in [0.3, 0.4) is 0 Å². The van der Waals surface area contributed by atoms with Crippen molar-refractivity contribution in [2.24, 2.45) is 13.0 Å². The van der Waals surface area contributed by atoms with Crippen LogP contribution in [-0.4, -0.2) is 40.4 Å². The fraction of sp³-hybridized carbons (Fsp3) is 0.786. The molecule has 0 radical (unpaired) electrons. The highest BCUT2D eigenvalue weighted by Gasteiger charge is 2.29. The van der Waals surface area contributed by atoms with E-state index in [1.807, 2.05) is 11.7 Å². The van der Waals surface area contributed by atoms with Crippen molar-refractivity contribution in [3.05, 3.63) is 11.9 Å². The second-order valence-electron chi connectivity index (χ2n) is 5.77. The van der Waals surface area contributed by atoms with E-state index in [9.17, 15) is 0 Å². The Morgan fingerprint density at radius 1 is 1.39 bits per heavy atom. The molecule has 1 fully saturated rings. The number of aryl methyl sites for hydroxylation is 2. The van der Waals surface area contributed by atoms with Crippen molar-refractivity contribution in [3.8, 4) is 0 Å². The monoisotopic (exact) mass is 250 g/mol. The smallest absolute Gasteiger partial charge is 0.0853 e. The zero-order valence-corrected chi connectivity index (χ0v) is 12.3. The molecule has 0 aromatic carbocycles. The van der Waals surface area contributed by atoms with Crippen LogP contribution in [0.25, 0.3) is 0 Å². The minimum Gasteiger partial charge on any atom is -0.379 e. The van der Waals surface area contributed by atoms with Crippen LogP contribution < -0.4 is 5.32 Å². The second-order valence-corrected chi connectivity index (χ2v) is 5.77. The van der Waals surface area contributed by atoms with Gasteiger partial charge in [0.05, 0.1) is 11.4 Å². The molecule has 2 rings (SSSR count). The Kier molecular flexibility index (Phi) is 3.95. The van der Waals surface area contributed by atoms with Crippen molar-refractivity contribution in [3.63, 3.8) is 0 Å². The summed E-state index contributed by atoms with van der Waals surface area (Å²) in [5, 5.41) is 8.21. The SMILES string of the molecule is CCc1nn(C)cc1NC1CC(C)N(C)CC1C. The van der Waals surface area contributed by atoms with Gasteiger partial charge >= 0.3 is 0 Å². The third kappa shape index (κ3) is 2.69.